The van der Waals surface area contributed by atoms with Crippen LogP contribution < -0.4 is 25.3 Å². The predicted molar refractivity (Wildman–Crippen MR) is 114 cm³/mol. The smallest absolute Gasteiger partial charge is 0.493 e. The maximum absolute atomic E-state index is 13.3. The van der Waals surface area contributed by atoms with Crippen molar-refractivity contribution >= 4 is 17.5 Å². The lowest BCUT2D eigenvalue weighted by Gasteiger charge is -2.16. The van der Waals surface area contributed by atoms with Gasteiger partial charge in [0.05, 0.1) is 7.11 Å². The van der Waals surface area contributed by atoms with Gasteiger partial charge in [0.25, 0.3) is 11.8 Å². The van der Waals surface area contributed by atoms with Gasteiger partial charge in [0.15, 0.2) is 11.5 Å². The van der Waals surface area contributed by atoms with E-state index in [0.717, 1.165) is 31.4 Å². The molecule has 0 aliphatic heterocycles. The molecule has 0 saturated heterocycles. The molecule has 9 nitrogen and oxygen atoms in total. The van der Waals surface area contributed by atoms with Crippen molar-refractivity contribution in [3.63, 3.8) is 0 Å². The van der Waals surface area contributed by atoms with E-state index in [1.54, 1.807) is 0 Å². The number of hydrogen-bond acceptors (Lipinski definition) is 7. The average molecular weight is 530 g/mol. The first-order chi connectivity index (χ1) is 17.2. The summed E-state index contributed by atoms with van der Waals surface area (Å²) in [6, 6.07) is 5.52. The number of ether oxygens (including phenoxy) is 3. The molecule has 0 bridgehead atoms. The van der Waals surface area contributed by atoms with E-state index in [4.69, 9.17) is 15.2 Å². The molecule has 0 aliphatic rings. The minimum atomic E-state index is -5.01. The zero-order chi connectivity index (χ0) is 27.5. The molecule has 3 aromatic rings. The van der Waals surface area contributed by atoms with Crippen molar-refractivity contribution in [1.82, 2.24) is 9.97 Å². The fraction of sp³-hybridized carbons (Fsp3) is 0.182. The van der Waals surface area contributed by atoms with Crippen LogP contribution in [0.5, 0.6) is 23.0 Å². The number of nitrogens with two attached hydrogens (primary N) is 1. The van der Waals surface area contributed by atoms with Gasteiger partial charge >= 0.3 is 12.5 Å². The van der Waals surface area contributed by atoms with Crippen molar-refractivity contribution in [2.45, 2.75) is 19.5 Å². The molecule has 2 heterocycles. The van der Waals surface area contributed by atoms with E-state index in [9.17, 15) is 35.9 Å². The van der Waals surface area contributed by atoms with Crippen LogP contribution in [0.3, 0.4) is 0 Å². The molecule has 0 unspecified atom stereocenters. The lowest BCUT2D eigenvalue weighted by molar-refractivity contribution is -0.274. The van der Waals surface area contributed by atoms with Crippen molar-refractivity contribution in [1.29, 1.82) is 0 Å². The summed E-state index contributed by atoms with van der Waals surface area (Å²) in [5.41, 5.74) is 3.47. The summed E-state index contributed by atoms with van der Waals surface area (Å²) < 4.78 is 91.6. The Hall–Kier alpha value is -4.56. The van der Waals surface area contributed by atoms with E-state index in [0.29, 0.717) is 18.0 Å². The highest BCUT2D eigenvalue weighted by Crippen LogP contribution is 2.39. The Bertz CT molecular complexity index is 1340. The molecule has 0 atom stereocenters. The molecule has 2 amide bonds. The summed E-state index contributed by atoms with van der Waals surface area (Å²) >= 11 is 0. The van der Waals surface area contributed by atoms with Crippen molar-refractivity contribution in [2.75, 3.05) is 12.4 Å². The third-order valence-electron chi connectivity index (χ3n) is 4.45. The summed E-state index contributed by atoms with van der Waals surface area (Å²) in [5.74, 6) is -3.88. The lowest BCUT2D eigenvalue weighted by Crippen LogP contribution is -2.18. The van der Waals surface area contributed by atoms with Gasteiger partial charge in [-0.1, -0.05) is 0 Å². The second kappa shape index (κ2) is 10.2. The molecule has 15 heteroatoms. The standard InChI is InChI=1S/C22H16F6N4O5/c1-10-5-11(6-14(31-10)19(29)33)32-20(34)13-9-30-18(21(23,24)25)8-16(13)36-15-4-3-12(7-17(15)35-2)37-22(26,27)28/h3-9H,1-2H3,(H2,29,33)(H,31,32,34). The third kappa shape index (κ3) is 6.99. The molecule has 3 N–H and O–H groups in total. The van der Waals surface area contributed by atoms with Crippen molar-refractivity contribution in [2.24, 2.45) is 5.73 Å². The molecule has 0 spiro atoms. The number of rotatable bonds is 7. The fourth-order valence-corrected chi connectivity index (χ4v) is 2.96. The number of amides is 2. The lowest BCUT2D eigenvalue weighted by atomic mass is 10.2. The van der Waals surface area contributed by atoms with E-state index < -0.39 is 47.1 Å². The number of carbonyl (C=O) groups excluding carboxylic acids is 2. The summed E-state index contributed by atoms with van der Waals surface area (Å²) in [4.78, 5) is 31.5. The minimum Gasteiger partial charge on any atom is -0.493 e. The molecule has 0 fully saturated rings. The van der Waals surface area contributed by atoms with E-state index in [1.165, 1.54) is 13.0 Å². The largest absolute Gasteiger partial charge is 0.573 e. The van der Waals surface area contributed by atoms with Gasteiger partial charge in [-0.3, -0.25) is 14.6 Å². The number of aromatic nitrogens is 2. The van der Waals surface area contributed by atoms with Crippen LogP contribution in [0.2, 0.25) is 0 Å². The molecule has 37 heavy (non-hydrogen) atoms. The quantitative estimate of drug-likeness (QED) is 0.418. The van der Waals surface area contributed by atoms with E-state index >= 15 is 0 Å². The first kappa shape index (κ1) is 27.0. The number of benzene rings is 1. The van der Waals surface area contributed by atoms with E-state index in [2.05, 4.69) is 20.0 Å². The number of primary amides is 1. The molecule has 3 rings (SSSR count). The summed E-state index contributed by atoms with van der Waals surface area (Å²) in [6.45, 7) is 1.51. The van der Waals surface area contributed by atoms with Crippen LogP contribution in [0.1, 0.15) is 32.2 Å². The Kier molecular flexibility index (Phi) is 7.45. The predicted octanol–water partition coefficient (Wildman–Crippen LogP) is 4.85. The van der Waals surface area contributed by atoms with Crippen LogP contribution in [0, 0.1) is 6.92 Å². The molecule has 0 radical (unpaired) electrons. The Morgan fingerprint density at radius 3 is 2.27 bits per heavy atom. The first-order valence-electron chi connectivity index (χ1n) is 9.95. The maximum Gasteiger partial charge on any atom is 0.573 e. The summed E-state index contributed by atoms with van der Waals surface area (Å²) in [6.07, 6.45) is -9.32. The van der Waals surface area contributed by atoms with Crippen LogP contribution in [-0.2, 0) is 6.18 Å². The first-order valence-corrected chi connectivity index (χ1v) is 9.95. The minimum absolute atomic E-state index is 0.0448. The van der Waals surface area contributed by atoms with Crippen LogP contribution in [-0.4, -0.2) is 35.3 Å². The Morgan fingerprint density at radius 2 is 1.68 bits per heavy atom. The van der Waals surface area contributed by atoms with Gasteiger partial charge in [0, 0.05) is 29.7 Å². The monoisotopic (exact) mass is 530 g/mol. The second-order valence-electron chi connectivity index (χ2n) is 7.23. The average Bonchev–Trinajstić information content (AvgIpc) is 2.77. The fourth-order valence-electron chi connectivity index (χ4n) is 2.96. The number of nitrogens with zero attached hydrogens (tertiary/aromatic N) is 2. The number of hydrogen-bond donors (Lipinski definition) is 2. The number of alkyl halides is 6. The van der Waals surface area contributed by atoms with Gasteiger partial charge in [0.1, 0.15) is 28.5 Å². The van der Waals surface area contributed by atoms with Gasteiger partial charge in [0.2, 0.25) is 0 Å². The van der Waals surface area contributed by atoms with Gasteiger partial charge in [-0.15, -0.1) is 13.2 Å². The molecular weight excluding hydrogens is 514 g/mol. The number of nitrogens with one attached hydrogen (secondary N) is 1. The second-order valence-corrected chi connectivity index (χ2v) is 7.23. The number of aryl methyl sites for hydroxylation is 1. The summed E-state index contributed by atoms with van der Waals surface area (Å²) in [7, 11) is 1.07. The zero-order valence-corrected chi connectivity index (χ0v) is 18.8. The van der Waals surface area contributed by atoms with Crippen LogP contribution in [0.4, 0.5) is 32.0 Å². The summed E-state index contributed by atoms with van der Waals surface area (Å²) in [5, 5.41) is 2.38. The van der Waals surface area contributed by atoms with E-state index in [-0.39, 0.29) is 22.9 Å². The number of carbonyl (C=O) groups is 2. The van der Waals surface area contributed by atoms with Gasteiger partial charge < -0.3 is 25.3 Å². The molecule has 196 valence electrons. The molecule has 0 aliphatic carbocycles. The van der Waals surface area contributed by atoms with Crippen molar-refractivity contribution in [3.05, 3.63) is 65.2 Å². The Balaban J connectivity index is 2.01. The number of methoxy groups -OCH3 is 1. The highest BCUT2D eigenvalue weighted by atomic mass is 19.4. The van der Waals surface area contributed by atoms with Crippen LogP contribution in [0.15, 0.2) is 42.6 Å². The SMILES string of the molecule is COc1cc(OC(F)(F)F)ccc1Oc1cc(C(F)(F)F)ncc1C(=O)Nc1cc(C)nc(C(N)=O)c1. The number of halogens is 6. The zero-order valence-electron chi connectivity index (χ0n) is 18.8. The van der Waals surface area contributed by atoms with Crippen molar-refractivity contribution in [3.8, 4) is 23.0 Å². The number of pyridine rings is 2. The Labute approximate surface area is 204 Å². The van der Waals surface area contributed by atoms with Crippen LogP contribution in [0.25, 0.3) is 0 Å². The Morgan fingerprint density at radius 1 is 0.973 bits per heavy atom. The topological polar surface area (TPSA) is 126 Å². The molecule has 2 aromatic heterocycles. The molecule has 1 aromatic carbocycles. The van der Waals surface area contributed by atoms with Gasteiger partial charge in [-0.05, 0) is 31.2 Å². The maximum atomic E-state index is 13.3. The molecular formula is C22H16F6N4O5. The molecule has 0 saturated carbocycles. The van der Waals surface area contributed by atoms with Crippen molar-refractivity contribution < 1.29 is 50.1 Å². The number of anilines is 1. The third-order valence-corrected chi connectivity index (χ3v) is 4.45. The van der Waals surface area contributed by atoms with Gasteiger partial charge in [-0.25, -0.2) is 4.98 Å². The highest BCUT2D eigenvalue weighted by molar-refractivity contribution is 6.06. The normalized spacial score (nSPS) is 11.6. The van der Waals surface area contributed by atoms with Gasteiger partial charge in [-0.2, -0.15) is 13.2 Å². The highest BCUT2D eigenvalue weighted by Gasteiger charge is 2.34. The van der Waals surface area contributed by atoms with E-state index in [1.807, 2.05) is 0 Å². The van der Waals surface area contributed by atoms with Crippen LogP contribution >= 0.6 is 0 Å².